The Morgan fingerprint density at radius 1 is 1.17 bits per heavy atom. The molecule has 0 fully saturated rings. The molecule has 156 valence electrons. The van der Waals surface area contributed by atoms with Crippen LogP contribution < -0.4 is 5.32 Å². The normalized spacial score (nSPS) is 16.8. The van der Waals surface area contributed by atoms with E-state index in [0.717, 1.165) is 11.3 Å². The fourth-order valence-electron chi connectivity index (χ4n) is 3.52. The van der Waals surface area contributed by atoms with Gasteiger partial charge in [-0.2, -0.15) is 4.31 Å². The van der Waals surface area contributed by atoms with Crippen molar-refractivity contribution in [2.45, 2.75) is 37.9 Å². The van der Waals surface area contributed by atoms with Gasteiger partial charge < -0.3 is 9.88 Å². The highest BCUT2D eigenvalue weighted by Gasteiger charge is 2.35. The lowest BCUT2D eigenvalue weighted by molar-refractivity contribution is 0.0945. The molecule has 1 unspecified atom stereocenters. The molecule has 1 aliphatic heterocycles. The van der Waals surface area contributed by atoms with Crippen LogP contribution in [0.15, 0.2) is 59.8 Å². The average molecular weight is 426 g/mol. The van der Waals surface area contributed by atoms with Crippen molar-refractivity contribution in [3.63, 3.8) is 0 Å². The molecule has 1 atom stereocenters. The van der Waals surface area contributed by atoms with Crippen LogP contribution in [0.3, 0.4) is 0 Å². The van der Waals surface area contributed by atoms with Gasteiger partial charge in [-0.15, -0.1) is 0 Å². The molecule has 0 saturated heterocycles. The summed E-state index contributed by atoms with van der Waals surface area (Å²) in [4.78, 5) is 21.4. The number of nitrogens with zero attached hydrogens (tertiary/aromatic N) is 4. The van der Waals surface area contributed by atoms with Gasteiger partial charge in [0.25, 0.3) is 5.91 Å². The molecule has 0 radical (unpaired) electrons. The van der Waals surface area contributed by atoms with E-state index >= 15 is 0 Å². The zero-order chi connectivity index (χ0) is 21.3. The van der Waals surface area contributed by atoms with Gasteiger partial charge in [-0.25, -0.2) is 13.4 Å². The quantitative estimate of drug-likeness (QED) is 0.676. The fourth-order valence-corrected chi connectivity index (χ4v) is 5.10. The topological polar surface area (TPSA) is 97.2 Å². The Labute approximate surface area is 175 Å². The number of nitrogens with one attached hydrogen (secondary N) is 1. The van der Waals surface area contributed by atoms with Crippen molar-refractivity contribution in [2.75, 3.05) is 6.54 Å². The van der Waals surface area contributed by atoms with Crippen molar-refractivity contribution in [3.05, 3.63) is 77.6 Å². The second-order valence-electron chi connectivity index (χ2n) is 7.29. The molecule has 1 amide bonds. The van der Waals surface area contributed by atoms with Crippen LogP contribution in [0, 0.1) is 6.92 Å². The number of aromatic nitrogens is 3. The van der Waals surface area contributed by atoms with Gasteiger partial charge >= 0.3 is 0 Å². The number of sulfonamides is 1. The number of hydrogen-bond acceptors (Lipinski definition) is 5. The van der Waals surface area contributed by atoms with Crippen LogP contribution in [0.25, 0.3) is 0 Å². The monoisotopic (exact) mass is 425 g/mol. The van der Waals surface area contributed by atoms with Gasteiger partial charge in [-0.3, -0.25) is 9.78 Å². The smallest absolute Gasteiger partial charge is 0.271 e. The Morgan fingerprint density at radius 3 is 2.63 bits per heavy atom. The summed E-state index contributed by atoms with van der Waals surface area (Å²) in [5.41, 5.74) is 2.01. The number of pyridine rings is 1. The molecule has 1 aromatic carbocycles. The Balaban J connectivity index is 1.52. The van der Waals surface area contributed by atoms with E-state index in [-0.39, 0.29) is 16.5 Å². The molecule has 0 bridgehead atoms. The van der Waals surface area contributed by atoms with Crippen molar-refractivity contribution >= 4 is 15.9 Å². The number of amides is 1. The third-order valence-electron chi connectivity index (χ3n) is 5.19. The third-order valence-corrected chi connectivity index (χ3v) is 7.17. The van der Waals surface area contributed by atoms with Gasteiger partial charge in [-0.1, -0.05) is 23.8 Å². The summed E-state index contributed by atoms with van der Waals surface area (Å²) in [6.07, 6.45) is 3.34. The number of aryl methyl sites for hydroxylation is 1. The Bertz CT molecular complexity index is 1160. The first-order chi connectivity index (χ1) is 14.4. The maximum atomic E-state index is 13.1. The van der Waals surface area contributed by atoms with E-state index in [0.29, 0.717) is 25.5 Å². The van der Waals surface area contributed by atoms with Crippen molar-refractivity contribution in [2.24, 2.45) is 0 Å². The van der Waals surface area contributed by atoms with E-state index in [2.05, 4.69) is 15.3 Å². The minimum atomic E-state index is -3.66. The maximum absolute atomic E-state index is 13.1. The molecule has 0 saturated carbocycles. The number of carbonyl (C=O) groups is 1. The second kappa shape index (κ2) is 8.00. The summed E-state index contributed by atoms with van der Waals surface area (Å²) in [5.74, 6) is 0.239. The largest absolute Gasteiger partial charge is 0.345 e. The molecule has 3 heterocycles. The molecule has 1 aliphatic rings. The lowest BCUT2D eigenvalue weighted by Gasteiger charge is -2.32. The van der Waals surface area contributed by atoms with E-state index < -0.39 is 16.1 Å². The number of fused-ring (bicyclic) bond motifs is 1. The first-order valence-corrected chi connectivity index (χ1v) is 11.1. The molecule has 0 aliphatic carbocycles. The molecule has 9 heteroatoms. The van der Waals surface area contributed by atoms with Gasteiger partial charge in [0.15, 0.2) is 0 Å². The Kier molecular flexibility index (Phi) is 5.40. The van der Waals surface area contributed by atoms with Crippen LogP contribution in [-0.2, 0) is 23.1 Å². The predicted octanol–water partition coefficient (Wildman–Crippen LogP) is 2.28. The summed E-state index contributed by atoms with van der Waals surface area (Å²) in [7, 11) is -3.66. The average Bonchev–Trinajstić information content (AvgIpc) is 3.19. The fraction of sp³-hybridized carbons (Fsp3) is 0.286. The van der Waals surface area contributed by atoms with Crippen molar-refractivity contribution in [1.29, 1.82) is 0 Å². The molecule has 3 aromatic rings. The van der Waals surface area contributed by atoms with Crippen LogP contribution in [0.2, 0.25) is 0 Å². The highest BCUT2D eigenvalue weighted by atomic mass is 32.2. The molecule has 2 aromatic heterocycles. The number of carbonyl (C=O) groups excluding carboxylic acids is 1. The van der Waals surface area contributed by atoms with Gasteiger partial charge in [0, 0.05) is 25.5 Å². The Hall–Kier alpha value is -3.04. The zero-order valence-corrected chi connectivity index (χ0v) is 17.6. The van der Waals surface area contributed by atoms with Crippen molar-refractivity contribution < 1.29 is 13.2 Å². The molecule has 30 heavy (non-hydrogen) atoms. The second-order valence-corrected chi connectivity index (χ2v) is 9.18. The summed E-state index contributed by atoms with van der Waals surface area (Å²) < 4.78 is 29.5. The standard InChI is InChI=1S/C21H23N5O3S/c1-15-6-8-18(9-7-15)30(28,29)26-12-11-25-14-19(24-20(25)16(26)2)21(27)23-13-17-5-3-4-10-22-17/h3-10,14,16H,11-13H2,1-2H3,(H,23,27). The van der Waals surface area contributed by atoms with Crippen LogP contribution >= 0.6 is 0 Å². The lowest BCUT2D eigenvalue weighted by atomic mass is 10.2. The first-order valence-electron chi connectivity index (χ1n) is 9.70. The van der Waals surface area contributed by atoms with Gasteiger partial charge in [-0.05, 0) is 38.1 Å². The number of rotatable bonds is 5. The molecule has 0 spiro atoms. The third kappa shape index (κ3) is 3.86. The van der Waals surface area contributed by atoms with Crippen molar-refractivity contribution in [1.82, 2.24) is 24.2 Å². The highest BCUT2D eigenvalue weighted by Crippen LogP contribution is 2.30. The van der Waals surface area contributed by atoms with Gasteiger partial charge in [0.2, 0.25) is 10.0 Å². The van der Waals surface area contributed by atoms with Crippen LogP contribution in [0.5, 0.6) is 0 Å². The van der Waals surface area contributed by atoms with E-state index in [4.69, 9.17) is 0 Å². The van der Waals surface area contributed by atoms with Crippen LogP contribution in [-0.4, -0.2) is 39.7 Å². The molecule has 8 nitrogen and oxygen atoms in total. The van der Waals surface area contributed by atoms with E-state index in [9.17, 15) is 13.2 Å². The van der Waals surface area contributed by atoms with Gasteiger partial charge in [0.05, 0.1) is 23.2 Å². The van der Waals surface area contributed by atoms with E-state index in [1.165, 1.54) is 4.31 Å². The number of imidazole rings is 1. The molecular weight excluding hydrogens is 402 g/mol. The van der Waals surface area contributed by atoms with Crippen molar-refractivity contribution in [3.8, 4) is 0 Å². The summed E-state index contributed by atoms with van der Waals surface area (Å²) >= 11 is 0. The van der Waals surface area contributed by atoms with E-state index in [1.54, 1.807) is 43.6 Å². The molecule has 4 rings (SSSR count). The minimum absolute atomic E-state index is 0.258. The maximum Gasteiger partial charge on any atom is 0.271 e. The number of hydrogen-bond donors (Lipinski definition) is 1. The zero-order valence-electron chi connectivity index (χ0n) is 16.8. The molecule has 1 N–H and O–H groups in total. The Morgan fingerprint density at radius 2 is 1.93 bits per heavy atom. The first kappa shape index (κ1) is 20.2. The van der Waals surface area contributed by atoms with Crippen LogP contribution in [0.4, 0.5) is 0 Å². The van der Waals surface area contributed by atoms with Crippen LogP contribution in [0.1, 0.15) is 40.5 Å². The summed E-state index contributed by atoms with van der Waals surface area (Å²) in [6, 6.07) is 11.8. The lowest BCUT2D eigenvalue weighted by Crippen LogP contribution is -2.41. The number of benzene rings is 1. The highest BCUT2D eigenvalue weighted by molar-refractivity contribution is 7.89. The summed E-state index contributed by atoms with van der Waals surface area (Å²) in [6.45, 7) is 4.75. The summed E-state index contributed by atoms with van der Waals surface area (Å²) in [5, 5.41) is 2.80. The predicted molar refractivity (Wildman–Crippen MR) is 111 cm³/mol. The molecular formula is C21H23N5O3S. The van der Waals surface area contributed by atoms with Gasteiger partial charge in [0.1, 0.15) is 11.5 Å². The SMILES string of the molecule is Cc1ccc(S(=O)(=O)N2CCn3cc(C(=O)NCc4ccccn4)nc3C2C)cc1. The minimum Gasteiger partial charge on any atom is -0.345 e. The van der Waals surface area contributed by atoms with E-state index in [1.807, 2.05) is 29.7 Å².